The van der Waals surface area contributed by atoms with Gasteiger partial charge in [-0.15, -0.1) is 12.4 Å². The van der Waals surface area contributed by atoms with Gasteiger partial charge in [-0.05, 0) is 25.1 Å². The summed E-state index contributed by atoms with van der Waals surface area (Å²) in [4.78, 5) is 11.3. The fourth-order valence-electron chi connectivity index (χ4n) is 1.53. The number of amides is 1. The molecular weight excluding hydrogens is 373 g/mol. The van der Waals surface area contributed by atoms with Crippen molar-refractivity contribution in [3.63, 3.8) is 0 Å². The second kappa shape index (κ2) is 10.3. The number of benzene rings is 1. The zero-order chi connectivity index (χ0) is 15.9. The lowest BCUT2D eigenvalue weighted by Gasteiger charge is -2.10. The number of hydrogen-bond acceptors (Lipinski definition) is 4. The molecule has 0 saturated carbocycles. The summed E-state index contributed by atoms with van der Waals surface area (Å²) < 4.78 is 26.5. The van der Waals surface area contributed by atoms with Crippen molar-refractivity contribution in [3.05, 3.63) is 28.2 Å². The van der Waals surface area contributed by atoms with Crippen molar-refractivity contribution >= 4 is 51.5 Å². The Hall–Kier alpha value is -0.570. The van der Waals surface area contributed by atoms with Gasteiger partial charge in [-0.3, -0.25) is 4.79 Å². The van der Waals surface area contributed by atoms with Crippen molar-refractivity contribution in [2.45, 2.75) is 17.7 Å². The van der Waals surface area contributed by atoms with E-state index in [2.05, 4.69) is 10.0 Å². The van der Waals surface area contributed by atoms with E-state index in [1.165, 1.54) is 12.1 Å². The van der Waals surface area contributed by atoms with Gasteiger partial charge in [0.1, 0.15) is 4.90 Å². The van der Waals surface area contributed by atoms with Gasteiger partial charge in [-0.1, -0.05) is 29.3 Å². The number of halogens is 3. The number of rotatable bonds is 8. The van der Waals surface area contributed by atoms with Crippen LogP contribution in [0, 0.1) is 0 Å². The third-order valence-corrected chi connectivity index (χ3v) is 4.95. The summed E-state index contributed by atoms with van der Waals surface area (Å²) in [7, 11) is -3.86. The van der Waals surface area contributed by atoms with E-state index in [0.29, 0.717) is 19.5 Å². The van der Waals surface area contributed by atoms with E-state index in [0.717, 1.165) is 0 Å². The Morgan fingerprint density at radius 2 is 1.77 bits per heavy atom. The van der Waals surface area contributed by atoms with Gasteiger partial charge >= 0.3 is 0 Å². The lowest BCUT2D eigenvalue weighted by atomic mass is 10.4. The van der Waals surface area contributed by atoms with Crippen LogP contribution in [0.2, 0.25) is 10.0 Å². The van der Waals surface area contributed by atoms with E-state index < -0.39 is 10.0 Å². The molecule has 0 aliphatic carbocycles. The number of hydrogen-bond donors (Lipinski definition) is 3. The molecule has 1 amide bonds. The lowest BCUT2D eigenvalue weighted by Crippen LogP contribution is -2.32. The predicted molar refractivity (Wildman–Crippen MR) is 90.2 cm³/mol. The summed E-state index contributed by atoms with van der Waals surface area (Å²) in [5.74, 6) is -0.253. The summed E-state index contributed by atoms with van der Waals surface area (Å²) in [5.41, 5.74) is 5.30. The van der Waals surface area contributed by atoms with Crippen LogP contribution in [0.15, 0.2) is 23.1 Å². The van der Waals surface area contributed by atoms with Crippen LogP contribution in [-0.4, -0.2) is 34.0 Å². The first-order valence-electron chi connectivity index (χ1n) is 6.29. The van der Waals surface area contributed by atoms with Gasteiger partial charge < -0.3 is 11.1 Å². The van der Waals surface area contributed by atoms with E-state index in [-0.39, 0.29) is 46.2 Å². The molecule has 126 valence electrons. The normalized spacial score (nSPS) is 10.9. The second-order valence-corrected chi connectivity index (χ2v) is 6.71. The van der Waals surface area contributed by atoms with E-state index in [1.807, 2.05) is 0 Å². The highest BCUT2D eigenvalue weighted by atomic mass is 35.5. The minimum atomic E-state index is -3.86. The average molecular weight is 391 g/mol. The molecule has 0 saturated heterocycles. The van der Waals surface area contributed by atoms with Crippen LogP contribution in [0.3, 0.4) is 0 Å². The maximum atomic E-state index is 12.1. The van der Waals surface area contributed by atoms with Crippen molar-refractivity contribution in [2.24, 2.45) is 5.73 Å². The molecular formula is C12H18Cl3N3O3S. The molecule has 1 aromatic carbocycles. The molecule has 0 aliphatic heterocycles. The van der Waals surface area contributed by atoms with Crippen LogP contribution in [0.1, 0.15) is 12.8 Å². The van der Waals surface area contributed by atoms with Crippen LogP contribution >= 0.6 is 35.6 Å². The topological polar surface area (TPSA) is 101 Å². The van der Waals surface area contributed by atoms with Gasteiger partial charge in [0.05, 0.1) is 10.0 Å². The highest BCUT2D eigenvalue weighted by Gasteiger charge is 2.21. The molecule has 0 aromatic heterocycles. The number of carbonyl (C=O) groups excluding carboxylic acids is 1. The molecule has 10 heteroatoms. The molecule has 0 bridgehead atoms. The van der Waals surface area contributed by atoms with Crippen LogP contribution < -0.4 is 15.8 Å². The van der Waals surface area contributed by atoms with Gasteiger partial charge in [0.25, 0.3) is 0 Å². The summed E-state index contributed by atoms with van der Waals surface area (Å²) in [6.07, 6.45) is 0.693. The summed E-state index contributed by atoms with van der Waals surface area (Å²) in [5, 5.41) is 2.69. The molecule has 0 radical (unpaired) electrons. The molecule has 1 aromatic rings. The Morgan fingerprint density at radius 1 is 1.18 bits per heavy atom. The van der Waals surface area contributed by atoms with Crippen molar-refractivity contribution in [3.8, 4) is 0 Å². The second-order valence-electron chi connectivity index (χ2n) is 4.19. The summed E-state index contributed by atoms with van der Waals surface area (Å²) >= 11 is 11.7. The Balaban J connectivity index is 0.00000441. The first-order chi connectivity index (χ1) is 9.88. The quantitative estimate of drug-likeness (QED) is 0.586. The standard InChI is InChI=1S/C12H17Cl2N3O3S.ClH/c13-9-3-1-4-10(14)12(9)21(19,20)17-8-5-11(18)16-7-2-6-15;/h1,3-4,17H,2,5-8,15H2,(H,16,18);1H. The summed E-state index contributed by atoms with van der Waals surface area (Å²) in [6.45, 7) is 0.911. The van der Waals surface area contributed by atoms with Crippen LogP contribution in [-0.2, 0) is 14.8 Å². The molecule has 0 unspecified atom stereocenters. The predicted octanol–water partition coefficient (Wildman–Crippen LogP) is 1.55. The molecule has 4 N–H and O–H groups in total. The van der Waals surface area contributed by atoms with Gasteiger partial charge in [0.2, 0.25) is 15.9 Å². The van der Waals surface area contributed by atoms with Crippen molar-refractivity contribution in [1.82, 2.24) is 10.0 Å². The minimum absolute atomic E-state index is 0. The SMILES string of the molecule is Cl.NCCCNC(=O)CCNS(=O)(=O)c1c(Cl)cccc1Cl. The van der Waals surface area contributed by atoms with Crippen molar-refractivity contribution < 1.29 is 13.2 Å². The molecule has 0 spiro atoms. The number of sulfonamides is 1. The van der Waals surface area contributed by atoms with Crippen LogP contribution in [0.25, 0.3) is 0 Å². The van der Waals surface area contributed by atoms with Gasteiger partial charge in [-0.25, -0.2) is 13.1 Å². The molecule has 1 rings (SSSR count). The number of nitrogens with one attached hydrogen (secondary N) is 2. The fourth-order valence-corrected chi connectivity index (χ4v) is 3.70. The maximum absolute atomic E-state index is 12.1. The molecule has 0 heterocycles. The number of nitrogens with two attached hydrogens (primary N) is 1. The smallest absolute Gasteiger partial charge is 0.243 e. The Morgan fingerprint density at radius 3 is 2.32 bits per heavy atom. The Kier molecular flexibility index (Phi) is 9.99. The first-order valence-corrected chi connectivity index (χ1v) is 8.53. The molecule has 22 heavy (non-hydrogen) atoms. The largest absolute Gasteiger partial charge is 0.356 e. The van der Waals surface area contributed by atoms with Crippen molar-refractivity contribution in [1.29, 1.82) is 0 Å². The third kappa shape index (κ3) is 6.68. The van der Waals surface area contributed by atoms with E-state index in [9.17, 15) is 13.2 Å². The average Bonchev–Trinajstić information content (AvgIpc) is 2.38. The zero-order valence-electron chi connectivity index (χ0n) is 11.6. The Labute approximate surface area is 146 Å². The first kappa shape index (κ1) is 21.4. The zero-order valence-corrected chi connectivity index (χ0v) is 14.8. The van der Waals surface area contributed by atoms with Crippen LogP contribution in [0.5, 0.6) is 0 Å². The van der Waals surface area contributed by atoms with E-state index >= 15 is 0 Å². The highest BCUT2D eigenvalue weighted by Crippen LogP contribution is 2.28. The fraction of sp³-hybridized carbons (Fsp3) is 0.417. The lowest BCUT2D eigenvalue weighted by molar-refractivity contribution is -0.120. The molecule has 0 aliphatic rings. The molecule has 0 fully saturated rings. The van der Waals surface area contributed by atoms with Gasteiger partial charge in [-0.2, -0.15) is 0 Å². The monoisotopic (exact) mass is 389 g/mol. The third-order valence-electron chi connectivity index (χ3n) is 2.53. The van der Waals surface area contributed by atoms with Gasteiger partial charge in [0.15, 0.2) is 0 Å². The minimum Gasteiger partial charge on any atom is -0.356 e. The Bertz CT molecular complexity index is 576. The molecule has 6 nitrogen and oxygen atoms in total. The van der Waals surface area contributed by atoms with Crippen LogP contribution in [0.4, 0.5) is 0 Å². The van der Waals surface area contributed by atoms with E-state index in [4.69, 9.17) is 28.9 Å². The molecule has 0 atom stereocenters. The highest BCUT2D eigenvalue weighted by molar-refractivity contribution is 7.89. The van der Waals surface area contributed by atoms with Gasteiger partial charge in [0, 0.05) is 19.5 Å². The maximum Gasteiger partial charge on any atom is 0.243 e. The van der Waals surface area contributed by atoms with Crippen molar-refractivity contribution in [2.75, 3.05) is 19.6 Å². The summed E-state index contributed by atoms with van der Waals surface area (Å²) in [6, 6.07) is 4.41. The number of carbonyl (C=O) groups is 1. The van der Waals surface area contributed by atoms with E-state index in [1.54, 1.807) is 6.07 Å².